The van der Waals surface area contributed by atoms with Gasteiger partial charge in [0, 0.05) is 12.4 Å². The van der Waals surface area contributed by atoms with Crippen molar-refractivity contribution >= 4 is 24.3 Å². The lowest BCUT2D eigenvalue weighted by molar-refractivity contribution is 1.02. The molecule has 1 aromatic rings. The molecule has 4 heteroatoms. The second-order valence-electron chi connectivity index (χ2n) is 1.65. The van der Waals surface area contributed by atoms with Crippen LogP contribution in [0.25, 0.3) is 0 Å². The minimum Gasteiger partial charge on any atom is -0.284 e. The summed E-state index contributed by atoms with van der Waals surface area (Å²) in [7, 11) is 0. The van der Waals surface area contributed by atoms with Gasteiger partial charge in [-0.3, -0.25) is 5.10 Å². The van der Waals surface area contributed by atoms with Gasteiger partial charge < -0.3 is 0 Å². The molecule has 0 atom stereocenters. The molecule has 0 radical (unpaired) electrons. The Hall–Kier alpha value is -1.03. The topological polar surface area (TPSA) is 41.0 Å². The number of hydrogen-bond donors (Lipinski definition) is 1. The van der Waals surface area contributed by atoms with Crippen molar-refractivity contribution in [1.82, 2.24) is 10.2 Å². The van der Waals surface area contributed by atoms with Gasteiger partial charge in [-0.15, -0.1) is 0 Å². The van der Waals surface area contributed by atoms with Crippen molar-refractivity contribution in [1.29, 1.82) is 0 Å². The number of nitrogens with one attached hydrogen (secondary N) is 1. The number of hydrogen-bond acceptors (Lipinski definition) is 3. The van der Waals surface area contributed by atoms with Crippen LogP contribution in [-0.2, 0) is 0 Å². The zero-order valence-electron chi connectivity index (χ0n) is 5.53. The van der Waals surface area contributed by atoms with Crippen LogP contribution >= 0.6 is 12.2 Å². The van der Waals surface area contributed by atoms with Crippen LogP contribution in [0.2, 0.25) is 0 Å². The Kier molecular flexibility index (Phi) is 2.28. The molecular weight excluding hydrogens is 146 g/mol. The molecule has 0 saturated carbocycles. The number of aromatic amines is 1. The van der Waals surface area contributed by atoms with Gasteiger partial charge in [-0.2, -0.15) is 5.10 Å². The Labute approximate surface area is 63.8 Å². The highest BCUT2D eigenvalue weighted by molar-refractivity contribution is 7.71. The van der Waals surface area contributed by atoms with E-state index < -0.39 is 0 Å². The summed E-state index contributed by atoms with van der Waals surface area (Å²) in [6.07, 6.45) is 3.34. The van der Waals surface area contributed by atoms with Crippen LogP contribution in [0.4, 0.5) is 5.82 Å². The Bertz CT molecular complexity index is 289. The lowest BCUT2D eigenvalue weighted by atomic mass is 10.5. The van der Waals surface area contributed by atoms with Crippen molar-refractivity contribution in [2.24, 2.45) is 4.99 Å². The fourth-order valence-electron chi connectivity index (χ4n) is 0.556. The molecule has 1 N–H and O–H groups in total. The van der Waals surface area contributed by atoms with E-state index in [0.717, 1.165) is 0 Å². The third-order valence-electron chi connectivity index (χ3n) is 0.951. The van der Waals surface area contributed by atoms with E-state index in [9.17, 15) is 0 Å². The average molecular weight is 153 g/mol. The van der Waals surface area contributed by atoms with Crippen LogP contribution in [0.1, 0.15) is 6.92 Å². The highest BCUT2D eigenvalue weighted by atomic mass is 32.1. The minimum atomic E-state index is 0.569. The molecule has 0 saturated heterocycles. The summed E-state index contributed by atoms with van der Waals surface area (Å²) in [4.78, 5) is 3.93. The molecule has 1 aromatic heterocycles. The predicted molar refractivity (Wildman–Crippen MR) is 43.2 cm³/mol. The normalized spacial score (nSPS) is 10.5. The summed E-state index contributed by atoms with van der Waals surface area (Å²) >= 11 is 4.92. The van der Waals surface area contributed by atoms with Gasteiger partial charge in [-0.1, -0.05) is 12.2 Å². The summed E-state index contributed by atoms with van der Waals surface area (Å²) in [6, 6.07) is 1.75. The Balaban J connectivity index is 3.16. The van der Waals surface area contributed by atoms with E-state index in [-0.39, 0.29) is 0 Å². The molecule has 0 aliphatic heterocycles. The van der Waals surface area contributed by atoms with E-state index in [1.807, 2.05) is 6.92 Å². The van der Waals surface area contributed by atoms with Crippen LogP contribution in [-0.4, -0.2) is 16.4 Å². The van der Waals surface area contributed by atoms with Crippen LogP contribution in [0.3, 0.4) is 0 Å². The molecule has 0 bridgehead atoms. The van der Waals surface area contributed by atoms with Crippen LogP contribution in [0, 0.1) is 4.51 Å². The standard InChI is InChI=1S/C6H7N3S/c1-2-7-6-5(10)3-4-8-9-6/h2-4H,1H3,(H,8,10). The molecule has 10 heavy (non-hydrogen) atoms. The van der Waals surface area contributed by atoms with Crippen LogP contribution in [0.5, 0.6) is 0 Å². The van der Waals surface area contributed by atoms with Crippen molar-refractivity contribution in [3.05, 3.63) is 16.8 Å². The Morgan fingerprint density at radius 3 is 3.20 bits per heavy atom. The molecule has 0 unspecified atom stereocenters. The van der Waals surface area contributed by atoms with Gasteiger partial charge in [0.15, 0.2) is 5.82 Å². The molecule has 0 aliphatic rings. The molecule has 0 aromatic carbocycles. The van der Waals surface area contributed by atoms with Crippen molar-refractivity contribution < 1.29 is 0 Å². The number of aliphatic imine (C=N–C) groups is 1. The summed E-state index contributed by atoms with van der Waals surface area (Å²) < 4.78 is 0.664. The highest BCUT2D eigenvalue weighted by Crippen LogP contribution is 2.05. The molecule has 0 fully saturated rings. The second-order valence-corrected chi connectivity index (χ2v) is 2.09. The van der Waals surface area contributed by atoms with Crippen molar-refractivity contribution in [2.45, 2.75) is 6.92 Å². The third kappa shape index (κ3) is 1.48. The first-order chi connectivity index (χ1) is 4.84. The molecule has 0 spiro atoms. The van der Waals surface area contributed by atoms with Gasteiger partial charge in [-0.25, -0.2) is 4.99 Å². The van der Waals surface area contributed by atoms with Crippen molar-refractivity contribution in [3.63, 3.8) is 0 Å². The van der Waals surface area contributed by atoms with E-state index in [0.29, 0.717) is 10.3 Å². The summed E-state index contributed by atoms with van der Waals surface area (Å²) in [5.74, 6) is 0.569. The molecular formula is C6H7N3S. The van der Waals surface area contributed by atoms with Gasteiger partial charge in [0.2, 0.25) is 0 Å². The largest absolute Gasteiger partial charge is 0.284 e. The number of nitrogens with zero attached hydrogens (tertiary/aromatic N) is 2. The molecule has 1 rings (SSSR count). The van der Waals surface area contributed by atoms with E-state index >= 15 is 0 Å². The van der Waals surface area contributed by atoms with Crippen molar-refractivity contribution in [2.75, 3.05) is 0 Å². The molecule has 1 heterocycles. The summed E-state index contributed by atoms with van der Waals surface area (Å²) in [6.45, 7) is 1.82. The van der Waals surface area contributed by atoms with Crippen molar-refractivity contribution in [3.8, 4) is 0 Å². The van der Waals surface area contributed by atoms with Gasteiger partial charge >= 0.3 is 0 Å². The predicted octanol–water partition coefficient (Wildman–Crippen LogP) is 1.86. The lowest BCUT2D eigenvalue weighted by Crippen LogP contribution is -1.79. The highest BCUT2D eigenvalue weighted by Gasteiger charge is 1.88. The number of H-pyrrole nitrogens is 1. The first-order valence-electron chi connectivity index (χ1n) is 2.87. The maximum atomic E-state index is 4.92. The van der Waals surface area contributed by atoms with Crippen LogP contribution in [0.15, 0.2) is 17.3 Å². The first kappa shape index (κ1) is 7.08. The SMILES string of the molecule is CC=Nc1n[nH]ccc1=S. The first-order valence-corrected chi connectivity index (χ1v) is 3.28. The third-order valence-corrected chi connectivity index (χ3v) is 1.27. The Morgan fingerprint density at radius 2 is 2.60 bits per heavy atom. The van der Waals surface area contributed by atoms with E-state index in [4.69, 9.17) is 12.2 Å². The summed E-state index contributed by atoms with van der Waals surface area (Å²) in [5.41, 5.74) is 0. The second kappa shape index (κ2) is 3.22. The quantitative estimate of drug-likeness (QED) is 0.494. The number of rotatable bonds is 1. The van der Waals surface area contributed by atoms with Gasteiger partial charge in [0.1, 0.15) is 0 Å². The monoisotopic (exact) mass is 153 g/mol. The maximum Gasteiger partial charge on any atom is 0.189 e. The lowest BCUT2D eigenvalue weighted by Gasteiger charge is -1.88. The van der Waals surface area contributed by atoms with E-state index in [2.05, 4.69) is 15.2 Å². The zero-order valence-corrected chi connectivity index (χ0v) is 6.35. The van der Waals surface area contributed by atoms with Crippen LogP contribution < -0.4 is 0 Å². The minimum absolute atomic E-state index is 0.569. The molecule has 52 valence electrons. The smallest absolute Gasteiger partial charge is 0.189 e. The fourth-order valence-corrected chi connectivity index (χ4v) is 0.722. The Morgan fingerprint density at radius 1 is 1.80 bits per heavy atom. The average Bonchev–Trinajstić information content (AvgIpc) is 1.94. The zero-order chi connectivity index (χ0) is 7.40. The molecule has 3 nitrogen and oxygen atoms in total. The summed E-state index contributed by atoms with van der Waals surface area (Å²) in [5, 5.41) is 6.50. The molecule has 0 amide bonds. The van der Waals surface area contributed by atoms with E-state index in [1.165, 1.54) is 0 Å². The number of aromatic nitrogens is 2. The fraction of sp³-hybridized carbons (Fsp3) is 0.167. The molecule has 0 aliphatic carbocycles. The maximum absolute atomic E-state index is 4.92. The van der Waals surface area contributed by atoms with Gasteiger partial charge in [0.25, 0.3) is 0 Å². The van der Waals surface area contributed by atoms with E-state index in [1.54, 1.807) is 18.5 Å². The van der Waals surface area contributed by atoms with Gasteiger partial charge in [0.05, 0.1) is 4.51 Å². The van der Waals surface area contributed by atoms with Gasteiger partial charge in [-0.05, 0) is 13.0 Å².